The van der Waals surface area contributed by atoms with Crippen LogP contribution in [-0.4, -0.2) is 70.7 Å². The largest absolute Gasteiger partial charge is 0.756 e. The molecular formula is C41H74NO7P. The molecule has 0 fully saturated rings. The van der Waals surface area contributed by atoms with Crippen molar-refractivity contribution in [2.45, 2.75) is 142 Å². The van der Waals surface area contributed by atoms with Gasteiger partial charge >= 0.3 is 5.97 Å². The number of hydrogen-bond acceptors (Lipinski definition) is 7. The van der Waals surface area contributed by atoms with Crippen LogP contribution in [0.25, 0.3) is 0 Å². The smallest absolute Gasteiger partial charge is 0.306 e. The normalized spacial score (nSPS) is 14.6. The van der Waals surface area contributed by atoms with Crippen molar-refractivity contribution < 1.29 is 37.3 Å². The third kappa shape index (κ3) is 37.5. The Kier molecular flexibility index (Phi) is 33.1. The SMILES string of the molecule is CC/C=C\C/C=C\C/C=C\C/C=C\CCCCCOCC(COP(=O)([O-])OCC[N+](C)(C)C)OC(=O)CCCCCCC/C=C\CCCCC. The number of ether oxygens (including phenoxy) is 2. The number of allylic oxidation sites excluding steroid dienone is 10. The van der Waals surface area contributed by atoms with Gasteiger partial charge in [0.15, 0.2) is 0 Å². The fraction of sp³-hybridized carbons (Fsp3) is 0.732. The van der Waals surface area contributed by atoms with Crippen LogP contribution in [0.1, 0.15) is 136 Å². The van der Waals surface area contributed by atoms with Crippen LogP contribution in [0.4, 0.5) is 0 Å². The molecule has 8 nitrogen and oxygen atoms in total. The van der Waals surface area contributed by atoms with E-state index in [1.165, 1.54) is 32.1 Å². The summed E-state index contributed by atoms with van der Waals surface area (Å²) in [4.78, 5) is 24.9. The molecule has 0 rings (SSSR count). The molecule has 0 N–H and O–H groups in total. The molecule has 0 heterocycles. The van der Waals surface area contributed by atoms with Crippen LogP contribution in [0.5, 0.6) is 0 Å². The van der Waals surface area contributed by atoms with E-state index in [0.717, 1.165) is 83.5 Å². The highest BCUT2D eigenvalue weighted by atomic mass is 31.2. The molecule has 0 aliphatic carbocycles. The lowest BCUT2D eigenvalue weighted by Gasteiger charge is -2.28. The van der Waals surface area contributed by atoms with Crippen LogP contribution in [0.15, 0.2) is 60.8 Å². The Balaban J connectivity index is 4.38. The molecule has 0 bridgehead atoms. The van der Waals surface area contributed by atoms with E-state index in [1.54, 1.807) is 0 Å². The minimum absolute atomic E-state index is 0.0153. The van der Waals surface area contributed by atoms with Crippen molar-refractivity contribution in [1.82, 2.24) is 0 Å². The zero-order valence-corrected chi connectivity index (χ0v) is 33.5. The number of hydrogen-bond donors (Lipinski definition) is 0. The predicted octanol–water partition coefficient (Wildman–Crippen LogP) is 10.4. The van der Waals surface area contributed by atoms with E-state index in [9.17, 15) is 14.3 Å². The average Bonchev–Trinajstić information content (AvgIpc) is 3.06. The number of carbonyl (C=O) groups excluding carboxylic acids is 1. The van der Waals surface area contributed by atoms with Crippen LogP contribution in [0, 0.1) is 0 Å². The lowest BCUT2D eigenvalue weighted by Crippen LogP contribution is -2.37. The summed E-state index contributed by atoms with van der Waals surface area (Å²) >= 11 is 0. The Morgan fingerprint density at radius 3 is 1.76 bits per heavy atom. The van der Waals surface area contributed by atoms with Crippen molar-refractivity contribution in [2.75, 3.05) is 54.1 Å². The van der Waals surface area contributed by atoms with Crippen molar-refractivity contribution in [2.24, 2.45) is 0 Å². The van der Waals surface area contributed by atoms with E-state index >= 15 is 0 Å². The van der Waals surface area contributed by atoms with E-state index in [4.69, 9.17) is 18.5 Å². The highest BCUT2D eigenvalue weighted by Crippen LogP contribution is 2.38. The number of likely N-dealkylation sites (N-methyl/N-ethyl adjacent to an activating group) is 1. The molecule has 0 spiro atoms. The standard InChI is InChI=1S/C41H74NO7P/c1-6-8-10-12-14-16-18-20-21-22-23-25-27-29-31-33-36-46-38-40(39-48-50(44,45)47-37-35-42(3,4)5)49-41(43)34-32-30-28-26-24-19-17-15-13-11-9-7-2/h8,10,14-17,20-21,23,25,40H,6-7,9,11-13,18-19,22,24,26-39H2,1-5H3/b10-8-,16-14-,17-15-,21-20-,25-23-. The van der Waals surface area contributed by atoms with E-state index in [0.29, 0.717) is 24.1 Å². The van der Waals surface area contributed by atoms with Crippen molar-refractivity contribution in [1.29, 1.82) is 0 Å². The first kappa shape index (κ1) is 48.2. The highest BCUT2D eigenvalue weighted by Gasteiger charge is 2.20. The van der Waals surface area contributed by atoms with Crippen LogP contribution in [0.2, 0.25) is 0 Å². The Hall–Kier alpha value is -1.80. The fourth-order valence-electron chi connectivity index (χ4n) is 4.76. The molecule has 9 heteroatoms. The van der Waals surface area contributed by atoms with Gasteiger partial charge in [0, 0.05) is 13.0 Å². The Morgan fingerprint density at radius 2 is 1.16 bits per heavy atom. The third-order valence-electron chi connectivity index (χ3n) is 7.80. The Morgan fingerprint density at radius 1 is 0.640 bits per heavy atom. The van der Waals surface area contributed by atoms with Crippen LogP contribution in [0.3, 0.4) is 0 Å². The quantitative estimate of drug-likeness (QED) is 0.0211. The maximum Gasteiger partial charge on any atom is 0.306 e. The lowest BCUT2D eigenvalue weighted by molar-refractivity contribution is -0.870. The molecule has 0 radical (unpaired) electrons. The molecule has 0 aromatic heterocycles. The van der Waals surface area contributed by atoms with Gasteiger partial charge in [0.1, 0.15) is 19.3 Å². The molecular weight excluding hydrogens is 649 g/mol. The van der Waals surface area contributed by atoms with E-state index < -0.39 is 13.9 Å². The van der Waals surface area contributed by atoms with Gasteiger partial charge in [0.05, 0.1) is 34.4 Å². The number of rotatable bonds is 35. The van der Waals surface area contributed by atoms with E-state index in [1.807, 2.05) is 21.1 Å². The summed E-state index contributed by atoms with van der Waals surface area (Å²) in [6, 6.07) is 0. The summed E-state index contributed by atoms with van der Waals surface area (Å²) in [6.45, 7) is 5.15. The zero-order valence-electron chi connectivity index (χ0n) is 32.6. The first-order chi connectivity index (χ1) is 24.1. The Bertz CT molecular complexity index is 984. The molecule has 0 saturated heterocycles. The van der Waals surface area contributed by atoms with Gasteiger partial charge in [-0.25, -0.2) is 0 Å². The fourth-order valence-corrected chi connectivity index (χ4v) is 5.49. The maximum atomic E-state index is 12.6. The van der Waals surface area contributed by atoms with Gasteiger partial charge in [-0.05, 0) is 77.0 Å². The summed E-state index contributed by atoms with van der Waals surface area (Å²) in [5.41, 5.74) is 0. The molecule has 2 atom stereocenters. The van der Waals surface area contributed by atoms with Gasteiger partial charge in [-0.15, -0.1) is 0 Å². The van der Waals surface area contributed by atoms with Gasteiger partial charge in [-0.3, -0.25) is 9.36 Å². The minimum Gasteiger partial charge on any atom is -0.756 e. The molecule has 0 aliphatic rings. The van der Waals surface area contributed by atoms with E-state index in [2.05, 4.69) is 74.6 Å². The van der Waals surface area contributed by atoms with E-state index in [-0.39, 0.29) is 25.8 Å². The second-order valence-corrected chi connectivity index (χ2v) is 15.3. The second kappa shape index (κ2) is 34.3. The van der Waals surface area contributed by atoms with Crippen LogP contribution < -0.4 is 4.89 Å². The number of unbranched alkanes of at least 4 members (excludes halogenated alkanes) is 11. The molecule has 50 heavy (non-hydrogen) atoms. The number of quaternary nitrogens is 1. The molecule has 0 aromatic carbocycles. The number of carbonyl (C=O) groups is 1. The number of phosphoric ester groups is 1. The Labute approximate surface area is 307 Å². The van der Waals surface area contributed by atoms with Crippen LogP contribution in [-0.2, 0) is 27.9 Å². The van der Waals surface area contributed by atoms with Gasteiger partial charge in [-0.2, -0.15) is 0 Å². The number of phosphoric acid groups is 1. The summed E-state index contributed by atoms with van der Waals surface area (Å²) in [5, 5.41) is 0. The first-order valence-corrected chi connectivity index (χ1v) is 21.0. The highest BCUT2D eigenvalue weighted by molar-refractivity contribution is 7.45. The maximum absolute atomic E-state index is 12.6. The average molecular weight is 724 g/mol. The summed E-state index contributed by atoms with van der Waals surface area (Å²) < 4.78 is 34.4. The molecule has 0 saturated carbocycles. The van der Waals surface area contributed by atoms with Gasteiger partial charge < -0.3 is 27.9 Å². The number of nitrogens with zero attached hydrogens (tertiary/aromatic N) is 1. The molecule has 0 aromatic rings. The topological polar surface area (TPSA) is 94.1 Å². The monoisotopic (exact) mass is 724 g/mol. The summed E-state index contributed by atoms with van der Waals surface area (Å²) in [6.07, 6.45) is 40.9. The van der Waals surface area contributed by atoms with Crippen molar-refractivity contribution >= 4 is 13.8 Å². The van der Waals surface area contributed by atoms with Crippen LogP contribution >= 0.6 is 7.82 Å². The minimum atomic E-state index is -4.53. The second-order valence-electron chi connectivity index (χ2n) is 13.9. The summed E-state index contributed by atoms with van der Waals surface area (Å²) in [5.74, 6) is -0.359. The van der Waals surface area contributed by atoms with Gasteiger partial charge in [-0.1, -0.05) is 113 Å². The predicted molar refractivity (Wildman–Crippen MR) is 208 cm³/mol. The van der Waals surface area contributed by atoms with Crippen molar-refractivity contribution in [3.05, 3.63) is 60.8 Å². The first-order valence-electron chi connectivity index (χ1n) is 19.5. The van der Waals surface area contributed by atoms with Gasteiger partial charge in [0.25, 0.3) is 7.82 Å². The van der Waals surface area contributed by atoms with Gasteiger partial charge in [0.2, 0.25) is 0 Å². The summed E-state index contributed by atoms with van der Waals surface area (Å²) in [7, 11) is 1.32. The zero-order chi connectivity index (χ0) is 37.0. The molecule has 290 valence electrons. The lowest BCUT2D eigenvalue weighted by atomic mass is 10.1. The third-order valence-corrected chi connectivity index (χ3v) is 8.77. The molecule has 0 amide bonds. The van der Waals surface area contributed by atoms with Crippen molar-refractivity contribution in [3.63, 3.8) is 0 Å². The molecule has 2 unspecified atom stereocenters. The van der Waals surface area contributed by atoms with Crippen molar-refractivity contribution in [3.8, 4) is 0 Å². The number of esters is 1. The molecule has 0 aliphatic heterocycles.